The lowest BCUT2D eigenvalue weighted by molar-refractivity contribution is -0.119. The lowest BCUT2D eigenvalue weighted by Crippen LogP contribution is -2.43. The molecule has 2 fully saturated rings. The number of piperidine rings is 1. The van der Waals surface area contributed by atoms with Gasteiger partial charge in [0.05, 0.1) is 12.1 Å². The number of hydrogen-bond donors (Lipinski definition) is 2. The van der Waals surface area contributed by atoms with Crippen LogP contribution in [-0.4, -0.2) is 49.7 Å². The molecule has 0 bridgehead atoms. The molecule has 7 heteroatoms. The second-order valence-corrected chi connectivity index (χ2v) is 7.19. The molecule has 138 valence electrons. The fourth-order valence-electron chi connectivity index (χ4n) is 3.33. The molecule has 1 saturated carbocycles. The van der Waals surface area contributed by atoms with E-state index in [4.69, 9.17) is 26.8 Å². The molecule has 0 unspecified atom stereocenters. The Hall–Kier alpha value is -1.50. The highest BCUT2D eigenvalue weighted by Gasteiger charge is 2.31. The maximum Gasteiger partial charge on any atom is 0.255 e. The van der Waals surface area contributed by atoms with Crippen LogP contribution in [0.5, 0.6) is 11.5 Å². The van der Waals surface area contributed by atoms with Crippen molar-refractivity contribution in [2.75, 3.05) is 26.8 Å². The molecule has 1 aromatic carbocycles. The highest BCUT2D eigenvalue weighted by molar-refractivity contribution is 6.32. The van der Waals surface area contributed by atoms with Crippen molar-refractivity contribution in [2.24, 2.45) is 5.73 Å². The third-order valence-electron chi connectivity index (χ3n) is 4.84. The van der Waals surface area contributed by atoms with E-state index in [1.54, 1.807) is 7.11 Å². The Morgan fingerprint density at radius 3 is 2.64 bits per heavy atom. The van der Waals surface area contributed by atoms with Gasteiger partial charge in [0.15, 0.2) is 18.1 Å². The molecule has 0 radical (unpaired) electrons. The SMILES string of the molecule is COc1cc(CNC2CCN(C3CC3)CC2)cc(Cl)c1OCC(N)=O. The standard InChI is InChI=1S/C18H26ClN3O3/c1-24-16-9-12(8-15(19)18(16)25-11-17(20)23)10-21-13-4-6-22(7-5-13)14-2-3-14/h8-9,13-14,21H,2-7,10-11H2,1H3,(H2,20,23). The Morgan fingerprint density at radius 2 is 2.04 bits per heavy atom. The Kier molecular flexibility index (Phi) is 6.04. The number of primary amides is 1. The molecule has 0 spiro atoms. The molecule has 3 rings (SSSR count). The van der Waals surface area contributed by atoms with Gasteiger partial charge in [0, 0.05) is 18.6 Å². The van der Waals surface area contributed by atoms with Gasteiger partial charge in [-0.05, 0) is 56.5 Å². The van der Waals surface area contributed by atoms with Crippen LogP contribution in [0.2, 0.25) is 5.02 Å². The highest BCUT2D eigenvalue weighted by Crippen LogP contribution is 2.36. The molecule has 25 heavy (non-hydrogen) atoms. The van der Waals surface area contributed by atoms with Crippen molar-refractivity contribution in [3.05, 3.63) is 22.7 Å². The number of hydrogen-bond acceptors (Lipinski definition) is 5. The second kappa shape index (κ2) is 8.25. The Balaban J connectivity index is 1.55. The molecule has 3 N–H and O–H groups in total. The van der Waals surface area contributed by atoms with Crippen molar-refractivity contribution in [3.63, 3.8) is 0 Å². The van der Waals surface area contributed by atoms with E-state index >= 15 is 0 Å². The molecule has 1 amide bonds. The third-order valence-corrected chi connectivity index (χ3v) is 5.12. The molecular weight excluding hydrogens is 342 g/mol. The maximum atomic E-state index is 10.9. The van der Waals surface area contributed by atoms with Gasteiger partial charge in [0.2, 0.25) is 0 Å². The van der Waals surface area contributed by atoms with Crippen molar-refractivity contribution in [3.8, 4) is 11.5 Å². The Bertz CT molecular complexity index is 614. The number of benzene rings is 1. The zero-order chi connectivity index (χ0) is 17.8. The summed E-state index contributed by atoms with van der Waals surface area (Å²) in [5, 5.41) is 4.03. The molecule has 1 aliphatic heterocycles. The second-order valence-electron chi connectivity index (χ2n) is 6.79. The van der Waals surface area contributed by atoms with Crippen LogP contribution in [-0.2, 0) is 11.3 Å². The number of ether oxygens (including phenoxy) is 2. The Morgan fingerprint density at radius 1 is 1.32 bits per heavy atom. The topological polar surface area (TPSA) is 76.8 Å². The van der Waals surface area contributed by atoms with E-state index in [0.29, 0.717) is 22.6 Å². The van der Waals surface area contributed by atoms with E-state index in [0.717, 1.165) is 18.2 Å². The summed E-state index contributed by atoms with van der Waals surface area (Å²) in [6.07, 6.45) is 5.11. The van der Waals surface area contributed by atoms with Crippen LogP contribution in [0.15, 0.2) is 12.1 Å². The number of carbonyl (C=O) groups excluding carboxylic acids is 1. The summed E-state index contributed by atoms with van der Waals surface area (Å²) in [7, 11) is 1.55. The molecule has 2 aliphatic rings. The average Bonchev–Trinajstić information content (AvgIpc) is 3.44. The molecule has 1 saturated heterocycles. The number of nitrogens with zero attached hydrogens (tertiary/aromatic N) is 1. The van der Waals surface area contributed by atoms with Gasteiger partial charge in [0.25, 0.3) is 5.91 Å². The van der Waals surface area contributed by atoms with Crippen LogP contribution >= 0.6 is 11.6 Å². The largest absolute Gasteiger partial charge is 0.493 e. The van der Waals surface area contributed by atoms with Crippen LogP contribution in [0.25, 0.3) is 0 Å². The predicted molar refractivity (Wildman–Crippen MR) is 97.2 cm³/mol. The zero-order valence-corrected chi connectivity index (χ0v) is 15.3. The first kappa shape index (κ1) is 18.3. The summed E-state index contributed by atoms with van der Waals surface area (Å²) in [4.78, 5) is 13.5. The number of likely N-dealkylation sites (tertiary alicyclic amines) is 1. The summed E-state index contributed by atoms with van der Waals surface area (Å²) in [6, 6.07) is 5.11. The summed E-state index contributed by atoms with van der Waals surface area (Å²) in [5.74, 6) is 0.306. The van der Waals surface area contributed by atoms with Crippen LogP contribution in [0.3, 0.4) is 0 Å². The normalized spacial score (nSPS) is 19.0. The number of methoxy groups -OCH3 is 1. The molecule has 6 nitrogen and oxygen atoms in total. The summed E-state index contributed by atoms with van der Waals surface area (Å²) in [6.45, 7) is 2.87. The van der Waals surface area contributed by atoms with Crippen molar-refractivity contribution < 1.29 is 14.3 Å². The average molecular weight is 368 g/mol. The van der Waals surface area contributed by atoms with Crippen LogP contribution < -0.4 is 20.5 Å². The van der Waals surface area contributed by atoms with Gasteiger partial charge in [-0.25, -0.2) is 0 Å². The summed E-state index contributed by atoms with van der Waals surface area (Å²) >= 11 is 6.29. The zero-order valence-electron chi connectivity index (χ0n) is 14.6. The van der Waals surface area contributed by atoms with E-state index in [-0.39, 0.29) is 6.61 Å². The molecule has 0 aromatic heterocycles. The van der Waals surface area contributed by atoms with Crippen LogP contribution in [0.4, 0.5) is 0 Å². The number of nitrogens with two attached hydrogens (primary N) is 1. The number of halogens is 1. The van der Waals surface area contributed by atoms with Crippen molar-refractivity contribution in [1.82, 2.24) is 10.2 Å². The monoisotopic (exact) mass is 367 g/mol. The first-order chi connectivity index (χ1) is 12.1. The van der Waals surface area contributed by atoms with Crippen molar-refractivity contribution in [1.29, 1.82) is 0 Å². The predicted octanol–water partition coefficient (Wildman–Crippen LogP) is 1.93. The molecular formula is C18H26ClN3O3. The molecule has 1 aromatic rings. The van der Waals surface area contributed by atoms with Crippen LogP contribution in [0, 0.1) is 0 Å². The number of amides is 1. The van der Waals surface area contributed by atoms with E-state index < -0.39 is 5.91 Å². The lowest BCUT2D eigenvalue weighted by atomic mass is 10.0. The van der Waals surface area contributed by atoms with E-state index in [2.05, 4.69) is 10.2 Å². The van der Waals surface area contributed by atoms with E-state index in [1.807, 2.05) is 12.1 Å². The third kappa shape index (κ3) is 5.00. The smallest absolute Gasteiger partial charge is 0.255 e. The minimum absolute atomic E-state index is 0.229. The maximum absolute atomic E-state index is 10.9. The fraction of sp³-hybridized carbons (Fsp3) is 0.611. The van der Waals surface area contributed by atoms with Gasteiger partial charge in [-0.15, -0.1) is 0 Å². The minimum Gasteiger partial charge on any atom is -0.493 e. The summed E-state index contributed by atoms with van der Waals surface area (Å²) < 4.78 is 10.7. The van der Waals surface area contributed by atoms with E-state index in [9.17, 15) is 4.79 Å². The number of rotatable bonds is 8. The van der Waals surface area contributed by atoms with Crippen molar-refractivity contribution >= 4 is 17.5 Å². The van der Waals surface area contributed by atoms with Crippen molar-refractivity contribution in [2.45, 2.75) is 44.3 Å². The van der Waals surface area contributed by atoms with Gasteiger partial charge in [-0.1, -0.05) is 11.6 Å². The Labute approximate surface area is 153 Å². The fourth-order valence-corrected chi connectivity index (χ4v) is 3.62. The molecule has 1 aliphatic carbocycles. The quantitative estimate of drug-likeness (QED) is 0.734. The highest BCUT2D eigenvalue weighted by atomic mass is 35.5. The minimum atomic E-state index is -0.554. The van der Waals surface area contributed by atoms with Gasteiger partial charge in [-0.3, -0.25) is 4.79 Å². The van der Waals surface area contributed by atoms with Gasteiger partial charge in [0.1, 0.15) is 0 Å². The molecule has 1 heterocycles. The van der Waals surface area contributed by atoms with Gasteiger partial charge in [-0.2, -0.15) is 0 Å². The number of carbonyl (C=O) groups is 1. The van der Waals surface area contributed by atoms with Crippen LogP contribution in [0.1, 0.15) is 31.2 Å². The summed E-state index contributed by atoms with van der Waals surface area (Å²) in [5.41, 5.74) is 6.14. The number of nitrogens with one attached hydrogen (secondary N) is 1. The first-order valence-electron chi connectivity index (χ1n) is 8.81. The van der Waals surface area contributed by atoms with E-state index in [1.165, 1.54) is 38.8 Å². The first-order valence-corrected chi connectivity index (χ1v) is 9.19. The lowest BCUT2D eigenvalue weighted by Gasteiger charge is -2.32. The molecule has 0 atom stereocenters. The van der Waals surface area contributed by atoms with Gasteiger partial charge >= 0.3 is 0 Å². The van der Waals surface area contributed by atoms with Gasteiger partial charge < -0.3 is 25.4 Å².